The largest absolute Gasteiger partial charge is 0.501 e. The second-order valence-electron chi connectivity index (χ2n) is 1.23. The summed E-state index contributed by atoms with van der Waals surface area (Å²) < 4.78 is 4.85. The van der Waals surface area contributed by atoms with Gasteiger partial charge in [-0.25, -0.2) is 0 Å². The fourth-order valence-electron chi connectivity index (χ4n) is 0.423. The van der Waals surface area contributed by atoms with Crippen LogP contribution in [0.5, 0.6) is 0 Å². The molecule has 0 bridgehead atoms. The second-order valence-corrected chi connectivity index (χ2v) is 1.23. The van der Waals surface area contributed by atoms with Crippen molar-refractivity contribution < 1.29 is 4.74 Å². The van der Waals surface area contributed by atoms with Crippen LogP contribution >= 0.6 is 0 Å². The number of methoxy groups -OCH3 is 1. The zero-order valence-corrected chi connectivity index (χ0v) is 5.12. The standard InChI is InChI=1S/C6H11O/c1-4-6(5-2)7-3/h4H2,1-3H3. The first-order chi connectivity index (χ1) is 3.35. The SMILES string of the molecule is C/[C]=C(\CC)OC. The Hall–Kier alpha value is -0.460. The Morgan fingerprint density at radius 2 is 2.29 bits per heavy atom. The lowest BCUT2D eigenvalue weighted by Crippen LogP contribution is -1.80. The predicted molar refractivity (Wildman–Crippen MR) is 29.7 cm³/mol. The molecule has 0 amide bonds. The van der Waals surface area contributed by atoms with Crippen LogP contribution in [-0.4, -0.2) is 7.11 Å². The number of hydrogen-bond donors (Lipinski definition) is 0. The van der Waals surface area contributed by atoms with Gasteiger partial charge >= 0.3 is 0 Å². The zero-order valence-electron chi connectivity index (χ0n) is 5.12. The van der Waals surface area contributed by atoms with Crippen LogP contribution in [0.3, 0.4) is 0 Å². The predicted octanol–water partition coefficient (Wildman–Crippen LogP) is 1.75. The maximum absolute atomic E-state index is 4.85. The van der Waals surface area contributed by atoms with E-state index in [4.69, 9.17) is 4.74 Å². The summed E-state index contributed by atoms with van der Waals surface area (Å²) in [6.07, 6.45) is 3.83. The molecule has 0 saturated carbocycles. The first-order valence-electron chi connectivity index (χ1n) is 2.42. The molecule has 0 spiro atoms. The molecule has 7 heavy (non-hydrogen) atoms. The molecule has 1 heteroatoms. The summed E-state index contributed by atoms with van der Waals surface area (Å²) in [5.41, 5.74) is 0. The van der Waals surface area contributed by atoms with Crippen LogP contribution in [0.4, 0.5) is 0 Å². The van der Waals surface area contributed by atoms with Crippen LogP contribution in [0.25, 0.3) is 0 Å². The Morgan fingerprint density at radius 3 is 2.29 bits per heavy atom. The quantitative estimate of drug-likeness (QED) is 0.479. The van der Waals surface area contributed by atoms with E-state index in [0.29, 0.717) is 0 Å². The van der Waals surface area contributed by atoms with Gasteiger partial charge in [0.05, 0.1) is 12.9 Å². The summed E-state index contributed by atoms with van der Waals surface area (Å²) in [7, 11) is 1.66. The van der Waals surface area contributed by atoms with Crippen molar-refractivity contribution in [3.05, 3.63) is 11.8 Å². The highest BCUT2D eigenvalue weighted by atomic mass is 16.5. The second kappa shape index (κ2) is 3.72. The third-order valence-electron chi connectivity index (χ3n) is 0.846. The van der Waals surface area contributed by atoms with Crippen LogP contribution < -0.4 is 0 Å². The van der Waals surface area contributed by atoms with E-state index in [-0.39, 0.29) is 0 Å². The van der Waals surface area contributed by atoms with Gasteiger partial charge in [0, 0.05) is 6.42 Å². The maximum atomic E-state index is 4.85. The van der Waals surface area contributed by atoms with Gasteiger partial charge < -0.3 is 4.74 Å². The first kappa shape index (κ1) is 6.54. The molecule has 41 valence electrons. The summed E-state index contributed by atoms with van der Waals surface area (Å²) in [4.78, 5) is 0. The van der Waals surface area contributed by atoms with Crippen LogP contribution in [0.1, 0.15) is 20.3 Å². The molecular weight excluding hydrogens is 88.1 g/mol. The van der Waals surface area contributed by atoms with Crippen molar-refractivity contribution in [3.8, 4) is 0 Å². The van der Waals surface area contributed by atoms with Crippen molar-refractivity contribution in [3.63, 3.8) is 0 Å². The Labute approximate surface area is 45.0 Å². The number of hydrogen-bond acceptors (Lipinski definition) is 1. The summed E-state index contributed by atoms with van der Waals surface area (Å²) in [6, 6.07) is 0. The van der Waals surface area contributed by atoms with Gasteiger partial charge in [-0.15, -0.1) is 0 Å². The van der Waals surface area contributed by atoms with E-state index in [2.05, 4.69) is 6.08 Å². The van der Waals surface area contributed by atoms with Gasteiger partial charge in [-0.05, 0) is 13.0 Å². The van der Waals surface area contributed by atoms with Crippen LogP contribution in [-0.2, 0) is 4.74 Å². The molecule has 0 heterocycles. The average molecular weight is 99.2 g/mol. The molecule has 0 aromatic heterocycles. The van der Waals surface area contributed by atoms with Gasteiger partial charge in [-0.3, -0.25) is 0 Å². The summed E-state index contributed by atoms with van der Waals surface area (Å²) in [5, 5.41) is 0. The molecular formula is C6H11O. The Kier molecular flexibility index (Phi) is 3.48. The molecule has 0 saturated heterocycles. The Bertz CT molecular complexity index is 58.6. The van der Waals surface area contributed by atoms with E-state index in [1.165, 1.54) is 0 Å². The van der Waals surface area contributed by atoms with Crippen molar-refractivity contribution in [2.75, 3.05) is 7.11 Å². The molecule has 0 rings (SSSR count). The van der Waals surface area contributed by atoms with E-state index in [0.717, 1.165) is 12.2 Å². The third-order valence-corrected chi connectivity index (χ3v) is 0.846. The molecule has 0 aliphatic carbocycles. The molecule has 0 aliphatic heterocycles. The van der Waals surface area contributed by atoms with E-state index in [1.807, 2.05) is 13.8 Å². The van der Waals surface area contributed by atoms with Crippen molar-refractivity contribution >= 4 is 0 Å². The highest BCUT2D eigenvalue weighted by Gasteiger charge is 1.83. The highest BCUT2D eigenvalue weighted by Crippen LogP contribution is 1.96. The van der Waals surface area contributed by atoms with Gasteiger partial charge in [0.25, 0.3) is 0 Å². The van der Waals surface area contributed by atoms with Crippen molar-refractivity contribution in [2.45, 2.75) is 20.3 Å². The molecule has 0 atom stereocenters. The summed E-state index contributed by atoms with van der Waals surface area (Å²) >= 11 is 0. The minimum atomic E-state index is 0.931. The van der Waals surface area contributed by atoms with Gasteiger partial charge in [0.2, 0.25) is 0 Å². The lowest BCUT2D eigenvalue weighted by atomic mass is 10.4. The van der Waals surface area contributed by atoms with Crippen molar-refractivity contribution in [1.82, 2.24) is 0 Å². The van der Waals surface area contributed by atoms with E-state index in [1.54, 1.807) is 7.11 Å². The van der Waals surface area contributed by atoms with Crippen molar-refractivity contribution in [2.24, 2.45) is 0 Å². The minimum absolute atomic E-state index is 0.931. The van der Waals surface area contributed by atoms with E-state index >= 15 is 0 Å². The number of allylic oxidation sites excluding steroid dienone is 2. The maximum Gasteiger partial charge on any atom is 0.0985 e. The molecule has 1 nitrogen and oxygen atoms in total. The molecule has 0 fully saturated rings. The molecule has 0 aliphatic rings. The van der Waals surface area contributed by atoms with Crippen molar-refractivity contribution in [1.29, 1.82) is 0 Å². The molecule has 0 unspecified atom stereocenters. The molecule has 0 aromatic rings. The minimum Gasteiger partial charge on any atom is -0.501 e. The lowest BCUT2D eigenvalue weighted by molar-refractivity contribution is 0.277. The number of ether oxygens (including phenoxy) is 1. The zero-order chi connectivity index (χ0) is 5.70. The monoisotopic (exact) mass is 99.1 g/mol. The third kappa shape index (κ3) is 2.26. The van der Waals surface area contributed by atoms with Gasteiger partial charge in [0.15, 0.2) is 0 Å². The van der Waals surface area contributed by atoms with Gasteiger partial charge in [-0.1, -0.05) is 6.92 Å². The van der Waals surface area contributed by atoms with Crippen LogP contribution in [0.15, 0.2) is 5.76 Å². The fraction of sp³-hybridized carbons (Fsp3) is 0.667. The van der Waals surface area contributed by atoms with Gasteiger partial charge in [-0.2, -0.15) is 0 Å². The molecule has 0 N–H and O–H groups in total. The lowest BCUT2D eigenvalue weighted by Gasteiger charge is -1.97. The Balaban J connectivity index is 3.38. The summed E-state index contributed by atoms with van der Waals surface area (Å²) in [5.74, 6) is 0.931. The Morgan fingerprint density at radius 1 is 1.71 bits per heavy atom. The van der Waals surface area contributed by atoms with Gasteiger partial charge in [0.1, 0.15) is 0 Å². The van der Waals surface area contributed by atoms with Crippen LogP contribution in [0.2, 0.25) is 0 Å². The van der Waals surface area contributed by atoms with Crippen LogP contribution in [0, 0.1) is 6.08 Å². The smallest absolute Gasteiger partial charge is 0.0985 e. The summed E-state index contributed by atoms with van der Waals surface area (Å²) in [6.45, 7) is 3.89. The fourth-order valence-corrected chi connectivity index (χ4v) is 0.423. The topological polar surface area (TPSA) is 9.23 Å². The number of rotatable bonds is 2. The normalized spacial score (nSPS) is 11.6. The highest BCUT2D eigenvalue weighted by molar-refractivity contribution is 4.81. The van der Waals surface area contributed by atoms with E-state index in [9.17, 15) is 0 Å². The first-order valence-corrected chi connectivity index (χ1v) is 2.42. The van der Waals surface area contributed by atoms with E-state index < -0.39 is 0 Å². The molecule has 0 aromatic carbocycles. The average Bonchev–Trinajstić information content (AvgIpc) is 1.72. The molecule has 1 radical (unpaired) electrons.